The summed E-state index contributed by atoms with van der Waals surface area (Å²) >= 11 is 2.80. The van der Waals surface area contributed by atoms with Crippen molar-refractivity contribution in [2.75, 3.05) is 6.54 Å². The molecule has 1 aromatic carbocycles. The van der Waals surface area contributed by atoms with Gasteiger partial charge in [0.2, 0.25) is 5.91 Å². The van der Waals surface area contributed by atoms with Gasteiger partial charge < -0.3 is 4.90 Å². The highest BCUT2D eigenvalue weighted by atomic mass is 32.1. The molecule has 0 aliphatic carbocycles. The third-order valence-corrected chi connectivity index (χ3v) is 6.46. The number of aryl methyl sites for hydroxylation is 1. The molecule has 0 saturated carbocycles. The van der Waals surface area contributed by atoms with Crippen molar-refractivity contribution in [3.8, 4) is 0 Å². The summed E-state index contributed by atoms with van der Waals surface area (Å²) in [6.45, 7) is 2.72. The first kappa shape index (κ1) is 15.5. The van der Waals surface area contributed by atoms with Crippen molar-refractivity contribution >= 4 is 38.8 Å². The van der Waals surface area contributed by atoms with E-state index in [-0.39, 0.29) is 23.4 Å². The smallest absolute Gasteiger partial charge is 0.307 e. The van der Waals surface area contributed by atoms with Gasteiger partial charge in [-0.25, -0.2) is 4.98 Å². The van der Waals surface area contributed by atoms with Crippen molar-refractivity contribution in [1.82, 2.24) is 14.5 Å². The van der Waals surface area contributed by atoms with Crippen LogP contribution in [-0.4, -0.2) is 26.9 Å². The van der Waals surface area contributed by atoms with Crippen LogP contribution in [0.3, 0.4) is 0 Å². The molecule has 0 N–H and O–H groups in total. The molecule has 0 spiro atoms. The molecular weight excluding hydrogens is 342 g/mol. The Balaban J connectivity index is 1.60. The Morgan fingerprint density at radius 1 is 1.38 bits per heavy atom. The second-order valence-electron chi connectivity index (χ2n) is 5.99. The fourth-order valence-corrected chi connectivity index (χ4v) is 5.03. The SMILES string of the molecule is Cc1csc(=O)n1CC(=O)N1CCC[C@@H]1c1nc2ccccc2s1. The van der Waals surface area contributed by atoms with Crippen LogP contribution in [0.1, 0.15) is 29.6 Å². The highest BCUT2D eigenvalue weighted by Crippen LogP contribution is 2.36. The molecule has 2 aromatic heterocycles. The molecule has 124 valence electrons. The number of hydrogen-bond donors (Lipinski definition) is 0. The highest BCUT2D eigenvalue weighted by molar-refractivity contribution is 7.18. The van der Waals surface area contributed by atoms with Crippen molar-refractivity contribution in [1.29, 1.82) is 0 Å². The van der Waals surface area contributed by atoms with Gasteiger partial charge in [-0.05, 0) is 31.9 Å². The zero-order valence-electron chi connectivity index (χ0n) is 13.3. The molecule has 24 heavy (non-hydrogen) atoms. The quantitative estimate of drug-likeness (QED) is 0.722. The monoisotopic (exact) mass is 359 g/mol. The lowest BCUT2D eigenvalue weighted by Crippen LogP contribution is -2.35. The molecule has 1 fully saturated rings. The van der Waals surface area contributed by atoms with E-state index in [9.17, 15) is 9.59 Å². The number of amides is 1. The van der Waals surface area contributed by atoms with Gasteiger partial charge in [-0.1, -0.05) is 23.5 Å². The van der Waals surface area contributed by atoms with Crippen LogP contribution >= 0.6 is 22.7 Å². The molecule has 1 amide bonds. The molecule has 7 heteroatoms. The number of fused-ring (bicyclic) bond motifs is 1. The Morgan fingerprint density at radius 3 is 2.96 bits per heavy atom. The van der Waals surface area contributed by atoms with E-state index in [1.54, 1.807) is 21.3 Å². The maximum absolute atomic E-state index is 12.8. The third-order valence-electron chi connectivity index (χ3n) is 4.44. The molecule has 1 aliphatic heterocycles. The minimum absolute atomic E-state index is 0.000330. The second kappa shape index (κ2) is 6.14. The van der Waals surface area contributed by atoms with E-state index in [1.807, 2.05) is 30.0 Å². The van der Waals surface area contributed by atoms with Crippen LogP contribution in [0.25, 0.3) is 10.2 Å². The van der Waals surface area contributed by atoms with Gasteiger partial charge in [0.15, 0.2) is 0 Å². The number of aromatic nitrogens is 2. The van der Waals surface area contributed by atoms with Gasteiger partial charge >= 0.3 is 4.87 Å². The highest BCUT2D eigenvalue weighted by Gasteiger charge is 2.32. The summed E-state index contributed by atoms with van der Waals surface area (Å²) in [7, 11) is 0. The molecule has 0 radical (unpaired) electrons. The summed E-state index contributed by atoms with van der Waals surface area (Å²) in [6.07, 6.45) is 1.91. The Hall–Kier alpha value is -1.99. The Labute approximate surface area is 147 Å². The van der Waals surface area contributed by atoms with Crippen LogP contribution in [0.4, 0.5) is 0 Å². The van der Waals surface area contributed by atoms with Crippen LogP contribution in [0.15, 0.2) is 34.4 Å². The lowest BCUT2D eigenvalue weighted by molar-refractivity contribution is -0.132. The first-order valence-corrected chi connectivity index (χ1v) is 9.63. The number of rotatable bonds is 3. The van der Waals surface area contributed by atoms with Gasteiger partial charge in [-0.15, -0.1) is 11.3 Å². The summed E-state index contributed by atoms with van der Waals surface area (Å²) in [5.74, 6) is 0.000330. The Kier molecular flexibility index (Phi) is 3.97. The second-order valence-corrected chi connectivity index (χ2v) is 7.88. The van der Waals surface area contributed by atoms with E-state index in [4.69, 9.17) is 4.98 Å². The van der Waals surface area contributed by atoms with E-state index in [2.05, 4.69) is 6.07 Å². The molecule has 5 nitrogen and oxygen atoms in total. The van der Waals surface area contributed by atoms with Crippen LogP contribution < -0.4 is 4.87 Å². The van der Waals surface area contributed by atoms with Crippen LogP contribution in [-0.2, 0) is 11.3 Å². The normalized spacial score (nSPS) is 17.7. The lowest BCUT2D eigenvalue weighted by atomic mass is 10.2. The van der Waals surface area contributed by atoms with E-state index in [1.165, 1.54) is 0 Å². The fraction of sp³-hybridized carbons (Fsp3) is 0.353. The Bertz CT molecular complexity index is 923. The predicted octanol–water partition coefficient (Wildman–Crippen LogP) is 3.19. The number of benzene rings is 1. The van der Waals surface area contributed by atoms with E-state index >= 15 is 0 Å². The zero-order chi connectivity index (χ0) is 16.7. The fourth-order valence-electron chi connectivity index (χ4n) is 3.18. The van der Waals surface area contributed by atoms with Crippen molar-refractivity contribution in [2.24, 2.45) is 0 Å². The van der Waals surface area contributed by atoms with Crippen LogP contribution in [0, 0.1) is 6.92 Å². The van der Waals surface area contributed by atoms with E-state index < -0.39 is 0 Å². The van der Waals surface area contributed by atoms with Crippen molar-refractivity contribution in [3.63, 3.8) is 0 Å². The predicted molar refractivity (Wildman–Crippen MR) is 96.6 cm³/mol. The van der Waals surface area contributed by atoms with Gasteiger partial charge in [-0.2, -0.15) is 0 Å². The number of carbonyl (C=O) groups is 1. The molecule has 1 saturated heterocycles. The molecule has 1 atom stereocenters. The van der Waals surface area contributed by atoms with E-state index in [0.717, 1.165) is 51.6 Å². The van der Waals surface area contributed by atoms with Gasteiger partial charge in [0.25, 0.3) is 0 Å². The van der Waals surface area contributed by atoms with Crippen molar-refractivity contribution in [2.45, 2.75) is 32.4 Å². The topological polar surface area (TPSA) is 55.2 Å². The van der Waals surface area contributed by atoms with Crippen LogP contribution in [0.5, 0.6) is 0 Å². The molecule has 3 aromatic rings. The molecule has 3 heterocycles. The molecule has 0 bridgehead atoms. The average molecular weight is 359 g/mol. The van der Waals surface area contributed by atoms with Crippen molar-refractivity contribution in [3.05, 3.63) is 50.0 Å². The minimum atomic E-state index is -0.0726. The number of likely N-dealkylation sites (tertiary alicyclic amines) is 1. The summed E-state index contributed by atoms with van der Waals surface area (Å²) in [4.78, 5) is 31.2. The molecule has 4 rings (SSSR count). The molecule has 1 aliphatic rings. The first-order valence-electron chi connectivity index (χ1n) is 7.93. The largest absolute Gasteiger partial charge is 0.332 e. The van der Waals surface area contributed by atoms with Gasteiger partial charge in [0.05, 0.1) is 16.3 Å². The first-order chi connectivity index (χ1) is 11.6. The van der Waals surface area contributed by atoms with Crippen LogP contribution in [0.2, 0.25) is 0 Å². The summed E-state index contributed by atoms with van der Waals surface area (Å²) < 4.78 is 2.71. The summed E-state index contributed by atoms with van der Waals surface area (Å²) in [5, 5.41) is 2.79. The average Bonchev–Trinajstić information content (AvgIpc) is 3.28. The molecular formula is C17H17N3O2S2. The number of thiazole rings is 2. The van der Waals surface area contributed by atoms with E-state index in [0.29, 0.717) is 0 Å². The van der Waals surface area contributed by atoms with Crippen molar-refractivity contribution < 1.29 is 4.79 Å². The number of hydrogen-bond acceptors (Lipinski definition) is 5. The van der Waals surface area contributed by atoms with Gasteiger partial charge in [0.1, 0.15) is 11.6 Å². The summed E-state index contributed by atoms with van der Waals surface area (Å²) in [6, 6.07) is 8.09. The van der Waals surface area contributed by atoms with Gasteiger partial charge in [0, 0.05) is 17.6 Å². The number of carbonyl (C=O) groups excluding carboxylic acids is 1. The standard InChI is InChI=1S/C17H17N3O2S2/c1-11-10-23-17(22)20(11)9-15(21)19-8-4-6-13(19)16-18-12-5-2-3-7-14(12)24-16/h2-3,5,7,10,13H,4,6,8-9H2,1H3/t13-/m1/s1. The van der Waals surface area contributed by atoms with Gasteiger partial charge in [-0.3, -0.25) is 14.2 Å². The zero-order valence-corrected chi connectivity index (χ0v) is 14.9. The lowest BCUT2D eigenvalue weighted by Gasteiger charge is -2.23. The third kappa shape index (κ3) is 2.67. The number of para-hydroxylation sites is 1. The minimum Gasteiger partial charge on any atom is -0.332 e. The number of nitrogens with zero attached hydrogens (tertiary/aromatic N) is 3. The summed E-state index contributed by atoms with van der Waals surface area (Å²) in [5.41, 5.74) is 1.83. The Morgan fingerprint density at radius 2 is 2.21 bits per heavy atom. The molecule has 0 unspecified atom stereocenters. The maximum Gasteiger partial charge on any atom is 0.307 e. The maximum atomic E-state index is 12.8.